The molecule has 0 amide bonds. The van der Waals surface area contributed by atoms with Crippen molar-refractivity contribution in [2.75, 3.05) is 13.1 Å². The predicted octanol–water partition coefficient (Wildman–Crippen LogP) is 1.77. The van der Waals surface area contributed by atoms with Crippen LogP contribution in [0.15, 0.2) is 6.20 Å². The standard InChI is InChI=1S/C12H24N4/c1-5-7-13-10-12(3,6-2)8-11-9-16(4)15-14-11/h9,13H,5-8,10H2,1-4H3. The van der Waals surface area contributed by atoms with Crippen molar-refractivity contribution in [1.29, 1.82) is 0 Å². The van der Waals surface area contributed by atoms with Crippen LogP contribution in [0.3, 0.4) is 0 Å². The number of hydrogen-bond donors (Lipinski definition) is 1. The summed E-state index contributed by atoms with van der Waals surface area (Å²) >= 11 is 0. The van der Waals surface area contributed by atoms with Crippen LogP contribution in [0.4, 0.5) is 0 Å². The highest BCUT2D eigenvalue weighted by Crippen LogP contribution is 2.24. The molecule has 16 heavy (non-hydrogen) atoms. The van der Waals surface area contributed by atoms with E-state index in [0.717, 1.165) is 31.6 Å². The zero-order chi connectivity index (χ0) is 12.0. The molecule has 0 aromatic carbocycles. The molecule has 0 fully saturated rings. The molecule has 1 N–H and O–H groups in total. The highest BCUT2D eigenvalue weighted by atomic mass is 15.4. The fourth-order valence-electron chi connectivity index (χ4n) is 1.79. The number of hydrogen-bond acceptors (Lipinski definition) is 3. The average Bonchev–Trinajstić information content (AvgIpc) is 2.64. The van der Waals surface area contributed by atoms with Crippen LogP contribution in [-0.4, -0.2) is 28.1 Å². The van der Waals surface area contributed by atoms with E-state index in [0.29, 0.717) is 0 Å². The van der Waals surface area contributed by atoms with Crippen LogP contribution in [0, 0.1) is 5.41 Å². The number of nitrogens with zero attached hydrogens (tertiary/aromatic N) is 3. The Kier molecular flexibility index (Phi) is 4.93. The first-order valence-electron chi connectivity index (χ1n) is 6.15. The average molecular weight is 224 g/mol. The molecule has 0 bridgehead atoms. The summed E-state index contributed by atoms with van der Waals surface area (Å²) in [6.07, 6.45) is 5.34. The summed E-state index contributed by atoms with van der Waals surface area (Å²) in [7, 11) is 1.91. The van der Waals surface area contributed by atoms with Crippen LogP contribution >= 0.6 is 0 Å². The lowest BCUT2D eigenvalue weighted by Crippen LogP contribution is -2.33. The Morgan fingerprint density at radius 2 is 2.19 bits per heavy atom. The van der Waals surface area contributed by atoms with E-state index in [1.54, 1.807) is 4.68 Å². The van der Waals surface area contributed by atoms with Gasteiger partial charge in [-0.3, -0.25) is 4.68 Å². The van der Waals surface area contributed by atoms with Gasteiger partial charge in [-0.1, -0.05) is 26.0 Å². The Morgan fingerprint density at radius 3 is 2.69 bits per heavy atom. The molecule has 1 aromatic heterocycles. The highest BCUT2D eigenvalue weighted by molar-refractivity contribution is 4.98. The molecule has 1 unspecified atom stereocenters. The molecule has 4 nitrogen and oxygen atoms in total. The second-order valence-corrected chi connectivity index (χ2v) is 4.90. The molecule has 1 atom stereocenters. The van der Waals surface area contributed by atoms with E-state index in [2.05, 4.69) is 36.4 Å². The van der Waals surface area contributed by atoms with E-state index in [9.17, 15) is 0 Å². The zero-order valence-electron chi connectivity index (χ0n) is 11.0. The molecule has 4 heteroatoms. The first kappa shape index (κ1) is 13.2. The van der Waals surface area contributed by atoms with Crippen molar-refractivity contribution < 1.29 is 0 Å². The number of rotatable bonds is 7. The van der Waals surface area contributed by atoms with Gasteiger partial charge in [0.15, 0.2) is 0 Å². The monoisotopic (exact) mass is 224 g/mol. The molecule has 1 aromatic rings. The van der Waals surface area contributed by atoms with Gasteiger partial charge in [0, 0.05) is 19.8 Å². The summed E-state index contributed by atoms with van der Waals surface area (Å²) in [5, 5.41) is 11.6. The van der Waals surface area contributed by atoms with E-state index in [1.807, 2.05) is 13.2 Å². The summed E-state index contributed by atoms with van der Waals surface area (Å²) in [5.74, 6) is 0. The zero-order valence-corrected chi connectivity index (χ0v) is 11.0. The molecule has 0 aliphatic heterocycles. The van der Waals surface area contributed by atoms with E-state index in [4.69, 9.17) is 0 Å². The van der Waals surface area contributed by atoms with Crippen LogP contribution in [0.2, 0.25) is 0 Å². The molecular formula is C12H24N4. The van der Waals surface area contributed by atoms with Gasteiger partial charge in [-0.05, 0) is 31.2 Å². The van der Waals surface area contributed by atoms with Crippen molar-refractivity contribution in [3.63, 3.8) is 0 Å². The van der Waals surface area contributed by atoms with Crippen molar-refractivity contribution in [2.45, 2.75) is 40.0 Å². The third kappa shape index (κ3) is 3.93. The Morgan fingerprint density at radius 1 is 1.44 bits per heavy atom. The lowest BCUT2D eigenvalue weighted by Gasteiger charge is -2.27. The molecular weight excluding hydrogens is 200 g/mol. The molecule has 0 radical (unpaired) electrons. The largest absolute Gasteiger partial charge is 0.316 e. The summed E-state index contributed by atoms with van der Waals surface area (Å²) in [6, 6.07) is 0. The van der Waals surface area contributed by atoms with Crippen LogP contribution in [0.5, 0.6) is 0 Å². The Bertz CT molecular complexity index is 308. The van der Waals surface area contributed by atoms with Gasteiger partial charge in [0.2, 0.25) is 0 Å². The fourth-order valence-corrected chi connectivity index (χ4v) is 1.79. The first-order chi connectivity index (χ1) is 7.59. The van der Waals surface area contributed by atoms with Gasteiger partial charge >= 0.3 is 0 Å². The Balaban J connectivity index is 2.51. The third-order valence-electron chi connectivity index (χ3n) is 3.09. The summed E-state index contributed by atoms with van der Waals surface area (Å²) < 4.78 is 1.77. The Labute approximate surface area is 98.4 Å². The second kappa shape index (κ2) is 5.99. The Hall–Kier alpha value is -0.900. The quantitative estimate of drug-likeness (QED) is 0.718. The van der Waals surface area contributed by atoms with Gasteiger partial charge in [-0.25, -0.2) is 0 Å². The predicted molar refractivity (Wildman–Crippen MR) is 66.3 cm³/mol. The number of aryl methyl sites for hydroxylation is 1. The maximum Gasteiger partial charge on any atom is 0.0832 e. The van der Waals surface area contributed by atoms with Gasteiger partial charge in [0.25, 0.3) is 0 Å². The number of aromatic nitrogens is 3. The lowest BCUT2D eigenvalue weighted by atomic mass is 9.83. The molecule has 1 heterocycles. The van der Waals surface area contributed by atoms with Gasteiger partial charge in [-0.15, -0.1) is 5.10 Å². The van der Waals surface area contributed by atoms with E-state index in [1.165, 1.54) is 6.42 Å². The van der Waals surface area contributed by atoms with Crippen molar-refractivity contribution >= 4 is 0 Å². The minimum absolute atomic E-state index is 0.283. The molecule has 92 valence electrons. The normalized spacial score (nSPS) is 15.0. The van der Waals surface area contributed by atoms with E-state index >= 15 is 0 Å². The van der Waals surface area contributed by atoms with Gasteiger partial charge in [0.05, 0.1) is 5.69 Å². The molecule has 0 saturated heterocycles. The summed E-state index contributed by atoms with van der Waals surface area (Å²) in [4.78, 5) is 0. The van der Waals surface area contributed by atoms with Crippen molar-refractivity contribution in [1.82, 2.24) is 20.3 Å². The lowest BCUT2D eigenvalue weighted by molar-refractivity contribution is 0.288. The fraction of sp³-hybridized carbons (Fsp3) is 0.833. The summed E-state index contributed by atoms with van der Waals surface area (Å²) in [5.41, 5.74) is 1.37. The maximum absolute atomic E-state index is 4.16. The second-order valence-electron chi connectivity index (χ2n) is 4.90. The molecule has 0 saturated carbocycles. The SMILES string of the molecule is CCCNCC(C)(CC)Cc1cn(C)nn1. The van der Waals surface area contributed by atoms with E-state index in [-0.39, 0.29) is 5.41 Å². The van der Waals surface area contributed by atoms with Crippen molar-refractivity contribution in [3.8, 4) is 0 Å². The van der Waals surface area contributed by atoms with E-state index < -0.39 is 0 Å². The highest BCUT2D eigenvalue weighted by Gasteiger charge is 2.23. The topological polar surface area (TPSA) is 42.7 Å². The smallest absolute Gasteiger partial charge is 0.0832 e. The molecule has 0 aliphatic rings. The third-order valence-corrected chi connectivity index (χ3v) is 3.09. The van der Waals surface area contributed by atoms with Crippen LogP contribution in [-0.2, 0) is 13.5 Å². The molecule has 0 spiro atoms. The minimum Gasteiger partial charge on any atom is -0.316 e. The van der Waals surface area contributed by atoms with Gasteiger partial charge < -0.3 is 5.32 Å². The first-order valence-corrected chi connectivity index (χ1v) is 6.15. The minimum atomic E-state index is 0.283. The van der Waals surface area contributed by atoms with Gasteiger partial charge in [-0.2, -0.15) is 0 Å². The molecule has 0 aliphatic carbocycles. The summed E-state index contributed by atoms with van der Waals surface area (Å²) in [6.45, 7) is 8.89. The number of nitrogens with one attached hydrogen (secondary N) is 1. The van der Waals surface area contributed by atoms with Crippen molar-refractivity contribution in [3.05, 3.63) is 11.9 Å². The van der Waals surface area contributed by atoms with Gasteiger partial charge in [0.1, 0.15) is 0 Å². The van der Waals surface area contributed by atoms with Crippen molar-refractivity contribution in [2.24, 2.45) is 12.5 Å². The van der Waals surface area contributed by atoms with Crippen LogP contribution < -0.4 is 5.32 Å². The van der Waals surface area contributed by atoms with Crippen LogP contribution in [0.25, 0.3) is 0 Å². The van der Waals surface area contributed by atoms with Crippen LogP contribution in [0.1, 0.15) is 39.3 Å². The molecule has 1 rings (SSSR count). The maximum atomic E-state index is 4.16.